The van der Waals surface area contributed by atoms with E-state index in [1.54, 1.807) is 30.3 Å². The maximum atomic E-state index is 13.9. The molecule has 13 heteroatoms. The highest BCUT2D eigenvalue weighted by molar-refractivity contribution is 6.31. The molecule has 2 heterocycles. The van der Waals surface area contributed by atoms with Crippen LogP contribution in [-0.4, -0.2) is 37.4 Å². The topological polar surface area (TPSA) is 146 Å². The molecule has 180 valence electrons. The highest BCUT2D eigenvalue weighted by Gasteiger charge is 2.23. The van der Waals surface area contributed by atoms with Gasteiger partial charge in [-0.2, -0.15) is 9.78 Å². The summed E-state index contributed by atoms with van der Waals surface area (Å²) in [4.78, 5) is 12.7. The fraction of sp³-hybridized carbons (Fsp3) is 0.182. The Hall–Kier alpha value is -4.32. The van der Waals surface area contributed by atoms with Gasteiger partial charge in [-0.05, 0) is 46.6 Å². The molecule has 2 aromatic carbocycles. The zero-order chi connectivity index (χ0) is 24.8. The molecule has 35 heavy (non-hydrogen) atoms. The summed E-state index contributed by atoms with van der Waals surface area (Å²) in [6.45, 7) is 1.90. The van der Waals surface area contributed by atoms with Crippen LogP contribution in [0.25, 0.3) is 5.82 Å². The quantitative estimate of drug-likeness (QED) is 0.264. The average Bonchev–Trinajstić information content (AvgIpc) is 3.45. The number of anilines is 1. The molecule has 4 aromatic rings. The van der Waals surface area contributed by atoms with E-state index in [0.29, 0.717) is 29.8 Å². The summed E-state index contributed by atoms with van der Waals surface area (Å²) in [5, 5.41) is 19.4. The van der Waals surface area contributed by atoms with Gasteiger partial charge in [0.05, 0.1) is 16.9 Å². The van der Waals surface area contributed by atoms with Crippen molar-refractivity contribution in [2.45, 2.75) is 26.4 Å². The molecule has 0 radical (unpaired) electrons. The lowest BCUT2D eigenvalue weighted by Crippen LogP contribution is -2.20. The molecule has 11 nitrogen and oxygen atoms in total. The number of aromatic nitrogens is 5. The van der Waals surface area contributed by atoms with Crippen LogP contribution >= 0.6 is 11.6 Å². The number of benzene rings is 2. The number of hydrazone groups is 1. The van der Waals surface area contributed by atoms with Crippen molar-refractivity contribution in [2.75, 3.05) is 5.73 Å². The summed E-state index contributed by atoms with van der Waals surface area (Å²) in [5.74, 6) is -0.354. The summed E-state index contributed by atoms with van der Waals surface area (Å²) >= 11 is 6.03. The largest absolute Gasteiger partial charge is 0.489 e. The van der Waals surface area contributed by atoms with E-state index in [1.807, 2.05) is 6.92 Å². The van der Waals surface area contributed by atoms with Gasteiger partial charge in [0.15, 0.2) is 5.69 Å². The third-order valence-corrected chi connectivity index (χ3v) is 5.20. The molecule has 0 saturated heterocycles. The minimum absolute atomic E-state index is 0.0246. The molecule has 0 aliphatic heterocycles. The van der Waals surface area contributed by atoms with E-state index < -0.39 is 11.7 Å². The standard InChI is InChI=1S/C22H20ClFN8O3/c1-2-5-18-19(27-31-32(18)21-20(25)29-35-30-21)22(33)28-26-11-13-6-3-7-14(10-13)34-12-15-16(23)8-4-9-17(15)24/h3-4,6-11H,2,5,12H2,1H3,(H2,25,29)(H,28,33)/b26-11-. The summed E-state index contributed by atoms with van der Waals surface area (Å²) < 4.78 is 25.5. The third-order valence-electron chi connectivity index (χ3n) is 4.84. The van der Waals surface area contributed by atoms with Crippen molar-refractivity contribution in [3.8, 4) is 11.6 Å². The predicted octanol–water partition coefficient (Wildman–Crippen LogP) is 3.32. The lowest BCUT2D eigenvalue weighted by molar-refractivity contribution is 0.0949. The number of nitrogens with zero attached hydrogens (tertiary/aromatic N) is 6. The molecule has 0 unspecified atom stereocenters. The van der Waals surface area contributed by atoms with Crippen molar-refractivity contribution in [3.63, 3.8) is 0 Å². The molecular formula is C22H20ClFN8O3. The monoisotopic (exact) mass is 498 g/mol. The van der Waals surface area contributed by atoms with Crippen LogP contribution in [-0.2, 0) is 13.0 Å². The summed E-state index contributed by atoms with van der Waals surface area (Å²) in [6.07, 6.45) is 2.63. The first-order valence-electron chi connectivity index (χ1n) is 10.5. The Morgan fingerprint density at radius 1 is 1.31 bits per heavy atom. The number of nitrogens with two attached hydrogens (primary N) is 1. The molecule has 0 bridgehead atoms. The first-order valence-corrected chi connectivity index (χ1v) is 10.9. The van der Waals surface area contributed by atoms with Crippen molar-refractivity contribution in [1.82, 2.24) is 30.7 Å². The fourth-order valence-corrected chi connectivity index (χ4v) is 3.39. The lowest BCUT2D eigenvalue weighted by Gasteiger charge is -2.09. The maximum Gasteiger partial charge on any atom is 0.293 e. The smallest absolute Gasteiger partial charge is 0.293 e. The Kier molecular flexibility index (Phi) is 7.31. The molecule has 2 aromatic heterocycles. The predicted molar refractivity (Wildman–Crippen MR) is 125 cm³/mol. The van der Waals surface area contributed by atoms with Crippen molar-refractivity contribution < 1.29 is 18.6 Å². The number of hydrogen-bond acceptors (Lipinski definition) is 9. The van der Waals surface area contributed by atoms with E-state index >= 15 is 0 Å². The van der Waals surface area contributed by atoms with Crippen molar-refractivity contribution in [1.29, 1.82) is 0 Å². The second-order valence-corrected chi connectivity index (χ2v) is 7.69. The Labute approximate surface area is 203 Å². The van der Waals surface area contributed by atoms with Crippen LogP contribution in [0, 0.1) is 5.82 Å². The van der Waals surface area contributed by atoms with E-state index in [2.05, 4.69) is 35.8 Å². The molecule has 3 N–H and O–H groups in total. The molecule has 1 amide bonds. The highest BCUT2D eigenvalue weighted by Crippen LogP contribution is 2.22. The Morgan fingerprint density at radius 3 is 2.89 bits per heavy atom. The minimum atomic E-state index is -0.562. The average molecular weight is 499 g/mol. The minimum Gasteiger partial charge on any atom is -0.489 e. The number of hydrogen-bond donors (Lipinski definition) is 2. The molecule has 0 fully saturated rings. The first kappa shape index (κ1) is 23.8. The maximum absolute atomic E-state index is 13.9. The fourth-order valence-electron chi connectivity index (χ4n) is 3.18. The molecule has 0 atom stereocenters. The van der Waals surface area contributed by atoms with Gasteiger partial charge in [0.1, 0.15) is 18.2 Å². The Balaban J connectivity index is 1.43. The van der Waals surface area contributed by atoms with E-state index in [0.717, 1.165) is 0 Å². The number of amides is 1. The zero-order valence-electron chi connectivity index (χ0n) is 18.5. The molecule has 0 spiro atoms. The van der Waals surface area contributed by atoms with Crippen LogP contribution in [0.5, 0.6) is 5.75 Å². The number of rotatable bonds is 9. The van der Waals surface area contributed by atoms with Crippen molar-refractivity contribution in [3.05, 3.63) is 75.8 Å². The van der Waals surface area contributed by atoms with E-state index in [4.69, 9.17) is 22.1 Å². The van der Waals surface area contributed by atoms with Gasteiger partial charge >= 0.3 is 0 Å². The van der Waals surface area contributed by atoms with Crippen molar-refractivity contribution >= 4 is 29.5 Å². The van der Waals surface area contributed by atoms with Gasteiger partial charge in [0.25, 0.3) is 5.91 Å². The molecule has 4 rings (SSSR count). The SMILES string of the molecule is CCCc1c(C(=O)N/N=C\c2cccc(OCc3c(F)cccc3Cl)c2)nnn1-c1nonc1N. The van der Waals surface area contributed by atoms with E-state index in [-0.39, 0.29) is 34.5 Å². The number of nitrogen functional groups attached to an aromatic ring is 1. The summed E-state index contributed by atoms with van der Waals surface area (Å²) in [6, 6.07) is 11.3. The summed E-state index contributed by atoms with van der Waals surface area (Å²) in [5.41, 5.74) is 9.63. The second kappa shape index (κ2) is 10.7. The second-order valence-electron chi connectivity index (χ2n) is 7.28. The van der Waals surface area contributed by atoms with Crippen molar-refractivity contribution in [2.24, 2.45) is 5.10 Å². The Bertz CT molecular complexity index is 1350. The van der Waals surface area contributed by atoms with Gasteiger partial charge in [-0.1, -0.05) is 48.4 Å². The molecule has 0 aliphatic rings. The first-order chi connectivity index (χ1) is 17.0. The number of halogens is 2. The van der Waals surface area contributed by atoms with E-state index in [9.17, 15) is 9.18 Å². The van der Waals surface area contributed by atoms with Gasteiger partial charge in [-0.15, -0.1) is 5.10 Å². The van der Waals surface area contributed by atoms with Crippen LogP contribution in [0.3, 0.4) is 0 Å². The molecule has 0 aliphatic carbocycles. The van der Waals surface area contributed by atoms with Crippen LogP contribution in [0.15, 0.2) is 52.2 Å². The third kappa shape index (κ3) is 5.44. The van der Waals surface area contributed by atoms with Gasteiger partial charge in [-0.3, -0.25) is 4.79 Å². The number of carbonyl (C=O) groups excluding carboxylic acids is 1. The van der Waals surface area contributed by atoms with Gasteiger partial charge in [-0.25, -0.2) is 14.4 Å². The molecule has 0 saturated carbocycles. The normalized spacial score (nSPS) is 11.2. The van der Waals surface area contributed by atoms with Crippen LogP contribution in [0.2, 0.25) is 5.02 Å². The number of nitrogens with one attached hydrogen (secondary N) is 1. The Morgan fingerprint density at radius 2 is 2.14 bits per heavy atom. The highest BCUT2D eigenvalue weighted by atomic mass is 35.5. The molecular weight excluding hydrogens is 479 g/mol. The van der Waals surface area contributed by atoms with Gasteiger partial charge < -0.3 is 10.5 Å². The van der Waals surface area contributed by atoms with Crippen LogP contribution < -0.4 is 15.9 Å². The van der Waals surface area contributed by atoms with Gasteiger partial charge in [0.2, 0.25) is 11.6 Å². The van der Waals surface area contributed by atoms with E-state index in [1.165, 1.54) is 23.0 Å². The van der Waals surface area contributed by atoms with Gasteiger partial charge in [0, 0.05) is 5.56 Å². The lowest BCUT2D eigenvalue weighted by atomic mass is 10.2. The zero-order valence-corrected chi connectivity index (χ0v) is 19.2. The summed E-state index contributed by atoms with van der Waals surface area (Å²) in [7, 11) is 0. The van der Waals surface area contributed by atoms with Crippen LogP contribution in [0.4, 0.5) is 10.2 Å². The number of carbonyl (C=O) groups is 1. The number of ether oxygens (including phenoxy) is 1. The van der Waals surface area contributed by atoms with Crippen LogP contribution in [0.1, 0.15) is 40.7 Å².